The zero-order valence-corrected chi connectivity index (χ0v) is 14.6. The summed E-state index contributed by atoms with van der Waals surface area (Å²) in [5.41, 5.74) is 0.601. The van der Waals surface area contributed by atoms with Crippen LogP contribution >= 0.6 is 0 Å². The second kappa shape index (κ2) is 7.90. The van der Waals surface area contributed by atoms with Gasteiger partial charge in [0.05, 0.1) is 5.69 Å². The van der Waals surface area contributed by atoms with Crippen molar-refractivity contribution in [2.75, 3.05) is 5.32 Å². The molecule has 0 saturated carbocycles. The van der Waals surface area contributed by atoms with Crippen molar-refractivity contribution in [3.63, 3.8) is 0 Å². The highest BCUT2D eigenvalue weighted by Gasteiger charge is 2.27. The zero-order chi connectivity index (χ0) is 21.3. The lowest BCUT2D eigenvalue weighted by molar-refractivity contribution is 0.0991. The van der Waals surface area contributed by atoms with Crippen LogP contribution < -0.4 is 10.1 Å². The van der Waals surface area contributed by atoms with Gasteiger partial charge in [-0.2, -0.15) is 8.78 Å². The van der Waals surface area contributed by atoms with Gasteiger partial charge in [0, 0.05) is 0 Å². The molecule has 0 aliphatic heterocycles. The Bertz CT molecular complexity index is 1070. The van der Waals surface area contributed by atoms with Crippen LogP contribution in [0.25, 0.3) is 0 Å². The molecule has 1 heterocycles. The molecule has 0 bridgehead atoms. The van der Waals surface area contributed by atoms with Crippen LogP contribution in [0.4, 0.5) is 32.0 Å². The maximum absolute atomic E-state index is 13.7. The predicted octanol–water partition coefficient (Wildman–Crippen LogP) is 5.25. The smallest absolute Gasteiger partial charge is 0.291 e. The molecular formula is C19H11F6NO3. The molecule has 2 aromatic carbocycles. The Kier molecular flexibility index (Phi) is 5.53. The molecule has 4 nitrogen and oxygen atoms in total. The van der Waals surface area contributed by atoms with E-state index in [2.05, 4.69) is 10.1 Å². The molecule has 3 rings (SSSR count). The molecule has 152 valence electrons. The number of anilines is 1. The minimum atomic E-state index is -2.31. The molecule has 1 amide bonds. The highest BCUT2D eigenvalue weighted by molar-refractivity contribution is 6.02. The number of ether oxygens (including phenoxy) is 1. The van der Waals surface area contributed by atoms with E-state index in [1.54, 1.807) is 6.92 Å². The highest BCUT2D eigenvalue weighted by atomic mass is 19.2. The molecule has 0 radical (unpaired) electrons. The maximum atomic E-state index is 13.7. The molecule has 0 aliphatic rings. The van der Waals surface area contributed by atoms with Gasteiger partial charge in [0.25, 0.3) is 5.91 Å². The van der Waals surface area contributed by atoms with Gasteiger partial charge in [0.1, 0.15) is 18.2 Å². The van der Waals surface area contributed by atoms with Gasteiger partial charge in [-0.3, -0.25) is 4.79 Å². The monoisotopic (exact) mass is 415 g/mol. The van der Waals surface area contributed by atoms with Crippen molar-refractivity contribution in [1.82, 2.24) is 0 Å². The topological polar surface area (TPSA) is 51.5 Å². The largest absolute Gasteiger partial charge is 0.479 e. The number of rotatable bonds is 5. The molecule has 1 aromatic heterocycles. The summed E-state index contributed by atoms with van der Waals surface area (Å²) in [4.78, 5) is 12.1. The van der Waals surface area contributed by atoms with Crippen molar-refractivity contribution in [2.45, 2.75) is 13.5 Å². The van der Waals surface area contributed by atoms with E-state index in [-0.39, 0.29) is 17.2 Å². The molecule has 0 saturated heterocycles. The first-order valence-corrected chi connectivity index (χ1v) is 7.99. The molecule has 0 unspecified atom stereocenters. The number of amides is 1. The van der Waals surface area contributed by atoms with Crippen LogP contribution in [0, 0.1) is 41.8 Å². The Hall–Kier alpha value is -3.43. The first-order valence-electron chi connectivity index (χ1n) is 7.99. The van der Waals surface area contributed by atoms with Gasteiger partial charge in [-0.05, 0) is 36.8 Å². The number of furan rings is 1. The fraction of sp³-hybridized carbons (Fsp3) is 0.105. The average molecular weight is 415 g/mol. The van der Waals surface area contributed by atoms with Crippen LogP contribution in [-0.2, 0) is 6.61 Å². The Balaban J connectivity index is 1.73. The van der Waals surface area contributed by atoms with Crippen molar-refractivity contribution in [3.8, 4) is 5.75 Å². The molecule has 0 spiro atoms. The Morgan fingerprint density at radius 3 is 2.21 bits per heavy atom. The number of benzene rings is 2. The first-order chi connectivity index (χ1) is 13.7. The van der Waals surface area contributed by atoms with Gasteiger partial charge >= 0.3 is 0 Å². The summed E-state index contributed by atoms with van der Waals surface area (Å²) in [6.45, 7) is 0.960. The van der Waals surface area contributed by atoms with E-state index in [9.17, 15) is 31.1 Å². The minimum absolute atomic E-state index is 0.0920. The fourth-order valence-corrected chi connectivity index (χ4v) is 2.35. The number of hydrogen-bond donors (Lipinski definition) is 1. The highest BCUT2D eigenvalue weighted by Crippen LogP contribution is 2.30. The predicted molar refractivity (Wildman–Crippen MR) is 88.4 cm³/mol. The molecule has 0 atom stereocenters. The SMILES string of the molecule is Cc1ccc(F)c(NC(=O)c2ccc(COc3c(F)c(F)c(F)c(F)c3F)o2)c1. The zero-order valence-electron chi connectivity index (χ0n) is 14.6. The van der Waals surface area contributed by atoms with Crippen molar-refractivity contribution < 1.29 is 40.3 Å². The van der Waals surface area contributed by atoms with Crippen LogP contribution in [0.1, 0.15) is 21.9 Å². The lowest BCUT2D eigenvalue weighted by Gasteiger charge is -2.09. The summed E-state index contributed by atoms with van der Waals surface area (Å²) in [5.74, 6) is -14.3. The van der Waals surface area contributed by atoms with Gasteiger partial charge in [0.15, 0.2) is 11.5 Å². The van der Waals surface area contributed by atoms with Crippen LogP contribution in [-0.4, -0.2) is 5.91 Å². The van der Waals surface area contributed by atoms with Gasteiger partial charge in [-0.1, -0.05) is 6.07 Å². The van der Waals surface area contributed by atoms with E-state index >= 15 is 0 Å². The Morgan fingerprint density at radius 2 is 1.55 bits per heavy atom. The van der Waals surface area contributed by atoms with Crippen molar-refractivity contribution >= 4 is 11.6 Å². The van der Waals surface area contributed by atoms with Crippen molar-refractivity contribution in [3.05, 3.63) is 82.3 Å². The van der Waals surface area contributed by atoms with Gasteiger partial charge in [-0.15, -0.1) is 0 Å². The second-order valence-corrected chi connectivity index (χ2v) is 5.89. The van der Waals surface area contributed by atoms with E-state index in [4.69, 9.17) is 4.42 Å². The summed E-state index contributed by atoms with van der Waals surface area (Å²) in [6.07, 6.45) is 0. The lowest BCUT2D eigenvalue weighted by atomic mass is 10.2. The van der Waals surface area contributed by atoms with Crippen molar-refractivity contribution in [1.29, 1.82) is 0 Å². The van der Waals surface area contributed by atoms with Gasteiger partial charge in [-0.25, -0.2) is 17.6 Å². The average Bonchev–Trinajstić information content (AvgIpc) is 3.17. The van der Waals surface area contributed by atoms with Crippen LogP contribution in [0.3, 0.4) is 0 Å². The van der Waals surface area contributed by atoms with E-state index in [0.717, 1.165) is 6.07 Å². The van der Waals surface area contributed by atoms with E-state index < -0.39 is 53.2 Å². The third-order valence-corrected chi connectivity index (χ3v) is 3.78. The standard InChI is InChI=1S/C19H11F6NO3/c1-8-2-4-10(20)11(6-8)26-19(27)12-5-3-9(29-12)7-28-18-16(24)14(22)13(21)15(23)17(18)25/h2-6H,7H2,1H3,(H,26,27). The molecule has 3 aromatic rings. The summed E-state index contributed by atoms with van der Waals surface area (Å²) in [6, 6.07) is 6.42. The molecule has 0 aliphatic carbocycles. The van der Waals surface area contributed by atoms with Crippen LogP contribution in [0.15, 0.2) is 34.7 Å². The van der Waals surface area contributed by atoms with Gasteiger partial charge in [0.2, 0.25) is 29.1 Å². The molecule has 10 heteroatoms. The Labute approximate surface area is 159 Å². The number of carbonyl (C=O) groups excluding carboxylic acids is 1. The van der Waals surface area contributed by atoms with Crippen LogP contribution in [0.2, 0.25) is 0 Å². The van der Waals surface area contributed by atoms with Crippen LogP contribution in [0.5, 0.6) is 5.75 Å². The summed E-state index contributed by atoms with van der Waals surface area (Å²) >= 11 is 0. The van der Waals surface area contributed by atoms with Gasteiger partial charge < -0.3 is 14.5 Å². The van der Waals surface area contributed by atoms with Crippen molar-refractivity contribution in [2.24, 2.45) is 0 Å². The Morgan fingerprint density at radius 1 is 0.931 bits per heavy atom. The quantitative estimate of drug-likeness (QED) is 0.352. The lowest BCUT2D eigenvalue weighted by Crippen LogP contribution is -2.12. The molecule has 0 fully saturated rings. The molecular weight excluding hydrogens is 404 g/mol. The normalized spacial score (nSPS) is 10.9. The first kappa shape index (κ1) is 20.3. The fourth-order valence-electron chi connectivity index (χ4n) is 2.35. The van der Waals surface area contributed by atoms with E-state index in [0.29, 0.717) is 5.56 Å². The summed E-state index contributed by atoms with van der Waals surface area (Å²) in [5, 5.41) is 2.28. The number of aryl methyl sites for hydroxylation is 1. The molecule has 29 heavy (non-hydrogen) atoms. The molecule has 1 N–H and O–H groups in total. The summed E-state index contributed by atoms with van der Waals surface area (Å²) in [7, 11) is 0. The minimum Gasteiger partial charge on any atom is -0.479 e. The van der Waals surface area contributed by atoms with E-state index in [1.165, 1.54) is 24.3 Å². The maximum Gasteiger partial charge on any atom is 0.291 e. The number of hydrogen-bond acceptors (Lipinski definition) is 3. The number of halogens is 6. The second-order valence-electron chi connectivity index (χ2n) is 5.89. The third kappa shape index (κ3) is 4.05. The summed E-state index contributed by atoms with van der Waals surface area (Å²) < 4.78 is 89.9. The van der Waals surface area contributed by atoms with E-state index in [1.807, 2.05) is 0 Å². The number of nitrogens with one attached hydrogen (secondary N) is 1. The number of carbonyl (C=O) groups is 1. The third-order valence-electron chi connectivity index (χ3n) is 3.78.